The van der Waals surface area contributed by atoms with E-state index >= 15 is 0 Å². The Labute approximate surface area is 79.5 Å². The molecule has 1 aromatic rings. The first-order valence-electron chi connectivity index (χ1n) is 4.50. The van der Waals surface area contributed by atoms with E-state index in [4.69, 9.17) is 5.73 Å². The maximum absolute atomic E-state index is 5.37. The Kier molecular flexibility index (Phi) is 3.38. The highest BCUT2D eigenvalue weighted by molar-refractivity contribution is 5.60. The lowest BCUT2D eigenvalue weighted by Gasteiger charge is -2.06. The van der Waals surface area contributed by atoms with Crippen LogP contribution < -0.4 is 11.1 Å². The lowest BCUT2D eigenvalue weighted by Crippen LogP contribution is -1.92. The van der Waals surface area contributed by atoms with E-state index in [-0.39, 0.29) is 0 Å². The number of benzene rings is 1. The summed E-state index contributed by atoms with van der Waals surface area (Å²) in [4.78, 5) is 0. The SMILES string of the molecule is CCc1ccc(NC)cc1C=CN. The number of nitrogens with two attached hydrogens (primary N) is 1. The van der Waals surface area contributed by atoms with Crippen molar-refractivity contribution in [3.8, 4) is 0 Å². The molecule has 0 saturated heterocycles. The summed E-state index contributed by atoms with van der Waals surface area (Å²) in [6.45, 7) is 2.14. The van der Waals surface area contributed by atoms with Gasteiger partial charge in [-0.1, -0.05) is 13.0 Å². The van der Waals surface area contributed by atoms with Gasteiger partial charge >= 0.3 is 0 Å². The molecule has 0 bridgehead atoms. The maximum atomic E-state index is 5.37. The topological polar surface area (TPSA) is 38.0 Å². The van der Waals surface area contributed by atoms with Gasteiger partial charge in [0, 0.05) is 12.7 Å². The molecule has 0 aliphatic rings. The molecule has 0 heterocycles. The van der Waals surface area contributed by atoms with Crippen molar-refractivity contribution in [3.05, 3.63) is 35.5 Å². The van der Waals surface area contributed by atoms with Gasteiger partial charge in [0.05, 0.1) is 0 Å². The Balaban J connectivity index is 3.09. The van der Waals surface area contributed by atoms with Crippen LogP contribution >= 0.6 is 0 Å². The van der Waals surface area contributed by atoms with Crippen LogP contribution in [0.3, 0.4) is 0 Å². The number of aryl methyl sites for hydroxylation is 1. The molecule has 0 radical (unpaired) electrons. The maximum Gasteiger partial charge on any atom is 0.0343 e. The first-order chi connectivity index (χ1) is 6.31. The lowest BCUT2D eigenvalue weighted by molar-refractivity contribution is 1.13. The predicted octanol–water partition coefficient (Wildman–Crippen LogP) is 2.22. The van der Waals surface area contributed by atoms with Crippen LogP contribution in [0.4, 0.5) is 5.69 Å². The fourth-order valence-electron chi connectivity index (χ4n) is 1.33. The number of rotatable bonds is 3. The first kappa shape index (κ1) is 9.65. The predicted molar refractivity (Wildman–Crippen MR) is 58.6 cm³/mol. The number of nitrogens with one attached hydrogen (secondary N) is 1. The smallest absolute Gasteiger partial charge is 0.0343 e. The molecule has 1 aromatic carbocycles. The van der Waals surface area contributed by atoms with Crippen LogP contribution in [0.2, 0.25) is 0 Å². The molecule has 2 heteroatoms. The van der Waals surface area contributed by atoms with Crippen LogP contribution in [-0.4, -0.2) is 7.05 Å². The molecular formula is C11H16N2. The molecule has 0 saturated carbocycles. The Morgan fingerprint density at radius 2 is 2.23 bits per heavy atom. The Hall–Kier alpha value is -1.44. The molecule has 0 fully saturated rings. The summed E-state index contributed by atoms with van der Waals surface area (Å²) < 4.78 is 0. The summed E-state index contributed by atoms with van der Waals surface area (Å²) in [7, 11) is 1.91. The third-order valence-electron chi connectivity index (χ3n) is 2.09. The van der Waals surface area contributed by atoms with Crippen LogP contribution in [0.1, 0.15) is 18.1 Å². The van der Waals surface area contributed by atoms with Crippen molar-refractivity contribution < 1.29 is 0 Å². The normalized spacial score (nSPS) is 10.6. The average molecular weight is 176 g/mol. The van der Waals surface area contributed by atoms with E-state index in [0.29, 0.717) is 0 Å². The van der Waals surface area contributed by atoms with Crippen molar-refractivity contribution in [1.82, 2.24) is 0 Å². The van der Waals surface area contributed by atoms with Gasteiger partial charge in [-0.25, -0.2) is 0 Å². The number of anilines is 1. The minimum atomic E-state index is 1.03. The Morgan fingerprint density at radius 1 is 1.46 bits per heavy atom. The van der Waals surface area contributed by atoms with Crippen molar-refractivity contribution in [2.45, 2.75) is 13.3 Å². The fourth-order valence-corrected chi connectivity index (χ4v) is 1.33. The van der Waals surface area contributed by atoms with Crippen molar-refractivity contribution in [2.75, 3.05) is 12.4 Å². The van der Waals surface area contributed by atoms with Crippen LogP contribution in [-0.2, 0) is 6.42 Å². The van der Waals surface area contributed by atoms with Gasteiger partial charge in [0.15, 0.2) is 0 Å². The standard InChI is InChI=1S/C11H16N2/c1-3-9-4-5-11(13-2)8-10(9)6-7-12/h4-8,13H,3,12H2,1-2H3. The van der Waals surface area contributed by atoms with Crippen molar-refractivity contribution in [3.63, 3.8) is 0 Å². The second-order valence-electron chi connectivity index (χ2n) is 2.88. The second-order valence-corrected chi connectivity index (χ2v) is 2.88. The van der Waals surface area contributed by atoms with Gasteiger partial charge in [-0.2, -0.15) is 0 Å². The molecule has 0 aliphatic carbocycles. The Bertz CT molecular complexity index is 303. The van der Waals surface area contributed by atoms with E-state index < -0.39 is 0 Å². The monoisotopic (exact) mass is 176 g/mol. The van der Waals surface area contributed by atoms with Gasteiger partial charge in [0.25, 0.3) is 0 Å². The summed E-state index contributed by atoms with van der Waals surface area (Å²) in [5.74, 6) is 0. The van der Waals surface area contributed by atoms with Gasteiger partial charge in [0.1, 0.15) is 0 Å². The van der Waals surface area contributed by atoms with Gasteiger partial charge in [-0.05, 0) is 42.0 Å². The molecule has 0 unspecified atom stereocenters. The second kappa shape index (κ2) is 4.55. The molecule has 0 aromatic heterocycles. The van der Waals surface area contributed by atoms with E-state index in [0.717, 1.165) is 12.1 Å². The minimum absolute atomic E-state index is 1.03. The molecular weight excluding hydrogens is 160 g/mol. The zero-order chi connectivity index (χ0) is 9.68. The summed E-state index contributed by atoms with van der Waals surface area (Å²) >= 11 is 0. The summed E-state index contributed by atoms with van der Waals surface area (Å²) in [5, 5.41) is 3.10. The van der Waals surface area contributed by atoms with E-state index in [9.17, 15) is 0 Å². The largest absolute Gasteiger partial charge is 0.405 e. The summed E-state index contributed by atoms with van der Waals surface area (Å²) in [6, 6.07) is 6.30. The first-order valence-corrected chi connectivity index (χ1v) is 4.50. The van der Waals surface area contributed by atoms with E-state index in [2.05, 4.69) is 30.4 Å². The van der Waals surface area contributed by atoms with Gasteiger partial charge in [0.2, 0.25) is 0 Å². The van der Waals surface area contributed by atoms with Gasteiger partial charge < -0.3 is 11.1 Å². The molecule has 0 spiro atoms. The van der Waals surface area contributed by atoms with Gasteiger partial charge in [-0.15, -0.1) is 0 Å². The fraction of sp³-hybridized carbons (Fsp3) is 0.273. The minimum Gasteiger partial charge on any atom is -0.405 e. The van der Waals surface area contributed by atoms with Crippen LogP contribution in [0, 0.1) is 0 Å². The molecule has 13 heavy (non-hydrogen) atoms. The molecule has 0 aliphatic heterocycles. The molecule has 70 valence electrons. The molecule has 0 amide bonds. The van der Waals surface area contributed by atoms with Crippen LogP contribution in [0.25, 0.3) is 6.08 Å². The van der Waals surface area contributed by atoms with Crippen LogP contribution in [0.15, 0.2) is 24.4 Å². The zero-order valence-electron chi connectivity index (χ0n) is 8.17. The Morgan fingerprint density at radius 3 is 2.77 bits per heavy atom. The lowest BCUT2D eigenvalue weighted by atomic mass is 10.0. The van der Waals surface area contributed by atoms with E-state index in [1.807, 2.05) is 13.1 Å². The summed E-state index contributed by atoms with van der Waals surface area (Å²) in [6.07, 6.45) is 4.54. The average Bonchev–Trinajstić information content (AvgIpc) is 2.18. The molecule has 2 nitrogen and oxygen atoms in total. The molecule has 0 atom stereocenters. The van der Waals surface area contributed by atoms with Crippen LogP contribution in [0.5, 0.6) is 0 Å². The molecule has 3 N–H and O–H groups in total. The number of hydrogen-bond donors (Lipinski definition) is 2. The van der Waals surface area contributed by atoms with E-state index in [1.54, 1.807) is 6.20 Å². The highest BCUT2D eigenvalue weighted by Crippen LogP contribution is 2.17. The van der Waals surface area contributed by atoms with E-state index in [1.165, 1.54) is 11.1 Å². The number of hydrogen-bond acceptors (Lipinski definition) is 2. The highest BCUT2D eigenvalue weighted by atomic mass is 14.8. The molecule has 1 rings (SSSR count). The van der Waals surface area contributed by atoms with Crippen molar-refractivity contribution in [2.24, 2.45) is 5.73 Å². The highest BCUT2D eigenvalue weighted by Gasteiger charge is 1.97. The summed E-state index contributed by atoms with van der Waals surface area (Å²) in [5.41, 5.74) is 9.00. The quantitative estimate of drug-likeness (QED) is 0.741. The third-order valence-corrected chi connectivity index (χ3v) is 2.09. The van der Waals surface area contributed by atoms with Crippen molar-refractivity contribution >= 4 is 11.8 Å². The zero-order valence-corrected chi connectivity index (χ0v) is 8.17. The van der Waals surface area contributed by atoms with Gasteiger partial charge in [-0.3, -0.25) is 0 Å². The third kappa shape index (κ3) is 2.25. The van der Waals surface area contributed by atoms with Crippen molar-refractivity contribution in [1.29, 1.82) is 0 Å².